The van der Waals surface area contributed by atoms with Crippen molar-refractivity contribution >= 4 is 10.9 Å². The molecular weight excluding hydrogens is 184 g/mol. The summed E-state index contributed by atoms with van der Waals surface area (Å²) in [5.41, 5.74) is 4.65. The fraction of sp³-hybridized carbons (Fsp3) is 0.385. The molecule has 1 aromatic heterocycles. The van der Waals surface area contributed by atoms with Crippen LogP contribution in [0.25, 0.3) is 10.9 Å². The molecule has 1 aliphatic rings. The van der Waals surface area contributed by atoms with Gasteiger partial charge in [0.2, 0.25) is 0 Å². The van der Waals surface area contributed by atoms with E-state index in [1.54, 1.807) is 4.90 Å². The second-order valence-corrected chi connectivity index (χ2v) is 4.30. The molecule has 3 rings (SSSR count). The summed E-state index contributed by atoms with van der Waals surface area (Å²) in [4.78, 5) is 4.98. The number of aromatic amines is 1. The third-order valence-corrected chi connectivity index (χ3v) is 3.13. The van der Waals surface area contributed by atoms with Gasteiger partial charge in [0.25, 0.3) is 0 Å². The van der Waals surface area contributed by atoms with Gasteiger partial charge < -0.3 is 9.88 Å². The molecule has 0 spiro atoms. The lowest BCUT2D eigenvalue weighted by Gasteiger charge is -2.22. The molecule has 0 fully saturated rings. The summed E-state index contributed by atoms with van der Waals surface area (Å²) in [7, 11) is 0. The summed E-state index contributed by atoms with van der Waals surface area (Å²) < 4.78 is 22.6. The van der Waals surface area contributed by atoms with E-state index >= 15 is 0 Å². The number of nitrogens with zero attached hydrogens (tertiary/aromatic N) is 1. The summed E-state index contributed by atoms with van der Waals surface area (Å²) in [6.45, 7) is 1.17. The third kappa shape index (κ3) is 1.37. The predicted molar refractivity (Wildman–Crippen MR) is 63.1 cm³/mol. The SMILES string of the molecule is [2H]C([2H])([2H])N1CCc2[nH]c3ccc(C)cc3c2C1. The van der Waals surface area contributed by atoms with Crippen LogP contribution in [-0.2, 0) is 13.0 Å². The van der Waals surface area contributed by atoms with Gasteiger partial charge in [-0.05, 0) is 31.6 Å². The Balaban J connectivity index is 2.08. The molecule has 1 N–H and O–H groups in total. The normalized spacial score (nSPS) is 20.7. The Morgan fingerprint density at radius 1 is 1.47 bits per heavy atom. The summed E-state index contributed by atoms with van der Waals surface area (Å²) in [5.74, 6) is 0. The number of benzene rings is 1. The number of hydrogen-bond acceptors (Lipinski definition) is 1. The van der Waals surface area contributed by atoms with E-state index in [0.717, 1.165) is 17.5 Å². The van der Waals surface area contributed by atoms with Crippen LogP contribution in [0.1, 0.15) is 20.9 Å². The third-order valence-electron chi connectivity index (χ3n) is 3.13. The van der Waals surface area contributed by atoms with E-state index in [9.17, 15) is 0 Å². The lowest BCUT2D eigenvalue weighted by atomic mass is 10.0. The molecule has 0 saturated heterocycles. The van der Waals surface area contributed by atoms with Gasteiger partial charge in [-0.2, -0.15) is 0 Å². The minimum atomic E-state index is -1.99. The van der Waals surface area contributed by atoms with Crippen LogP contribution in [0.15, 0.2) is 18.2 Å². The zero-order valence-corrected chi connectivity index (χ0v) is 8.80. The highest BCUT2D eigenvalue weighted by atomic mass is 15.1. The molecule has 78 valence electrons. The molecule has 0 saturated carbocycles. The standard InChI is InChI=1S/C13H16N2/c1-9-3-4-12-10(7-9)11-8-15(2)6-5-13(11)14-12/h3-4,7,14H,5-6,8H2,1-2H3/i2D3. The van der Waals surface area contributed by atoms with Crippen molar-refractivity contribution in [2.24, 2.45) is 0 Å². The Morgan fingerprint density at radius 3 is 3.27 bits per heavy atom. The zero-order valence-electron chi connectivity index (χ0n) is 11.8. The van der Waals surface area contributed by atoms with E-state index < -0.39 is 6.98 Å². The van der Waals surface area contributed by atoms with Crippen LogP contribution >= 0.6 is 0 Å². The fourth-order valence-corrected chi connectivity index (χ4v) is 2.33. The van der Waals surface area contributed by atoms with Crippen molar-refractivity contribution < 1.29 is 4.11 Å². The number of hydrogen-bond donors (Lipinski definition) is 1. The molecule has 2 aromatic rings. The van der Waals surface area contributed by atoms with Crippen molar-refractivity contribution in [2.75, 3.05) is 13.5 Å². The highest BCUT2D eigenvalue weighted by Gasteiger charge is 2.17. The number of aromatic nitrogens is 1. The highest BCUT2D eigenvalue weighted by molar-refractivity contribution is 5.85. The number of rotatable bonds is 0. The van der Waals surface area contributed by atoms with Crippen molar-refractivity contribution in [2.45, 2.75) is 19.9 Å². The monoisotopic (exact) mass is 203 g/mol. The van der Waals surface area contributed by atoms with Crippen LogP contribution in [0.4, 0.5) is 0 Å². The van der Waals surface area contributed by atoms with Crippen LogP contribution in [0.3, 0.4) is 0 Å². The maximum atomic E-state index is 7.52. The van der Waals surface area contributed by atoms with Gasteiger partial charge in [0.05, 0.1) is 0 Å². The first-order valence-electron chi connectivity index (χ1n) is 6.80. The summed E-state index contributed by atoms with van der Waals surface area (Å²) in [5, 5.41) is 1.17. The van der Waals surface area contributed by atoms with Crippen molar-refractivity contribution in [3.05, 3.63) is 35.0 Å². The molecule has 1 aliphatic heterocycles. The molecule has 0 aliphatic carbocycles. The lowest BCUT2D eigenvalue weighted by Crippen LogP contribution is -2.25. The van der Waals surface area contributed by atoms with Gasteiger partial charge in [-0.1, -0.05) is 11.6 Å². The van der Waals surface area contributed by atoms with Gasteiger partial charge in [0, 0.05) is 40.2 Å². The van der Waals surface area contributed by atoms with Gasteiger partial charge in [0.15, 0.2) is 0 Å². The van der Waals surface area contributed by atoms with Crippen molar-refractivity contribution in [3.63, 3.8) is 0 Å². The van der Waals surface area contributed by atoms with Crippen LogP contribution in [0, 0.1) is 6.92 Å². The van der Waals surface area contributed by atoms with Crippen molar-refractivity contribution in [1.82, 2.24) is 9.88 Å². The maximum Gasteiger partial charge on any atom is 0.0459 e. The van der Waals surface area contributed by atoms with Crippen molar-refractivity contribution in [3.8, 4) is 0 Å². The van der Waals surface area contributed by atoms with E-state index in [4.69, 9.17) is 4.11 Å². The first-order chi connectivity index (χ1) is 8.45. The summed E-state index contributed by atoms with van der Waals surface area (Å²) in [6.07, 6.45) is 0.779. The average Bonchev–Trinajstić information content (AvgIpc) is 2.65. The largest absolute Gasteiger partial charge is 0.358 e. The smallest absolute Gasteiger partial charge is 0.0459 e. The molecule has 2 nitrogen and oxygen atoms in total. The minimum absolute atomic E-state index is 0.509. The maximum absolute atomic E-state index is 7.52. The molecule has 0 unspecified atom stereocenters. The van der Waals surface area contributed by atoms with E-state index in [1.165, 1.54) is 16.6 Å². The second kappa shape index (κ2) is 3.11. The highest BCUT2D eigenvalue weighted by Crippen LogP contribution is 2.27. The average molecular weight is 203 g/mol. The molecule has 2 heterocycles. The Hall–Kier alpha value is -1.28. The minimum Gasteiger partial charge on any atom is -0.358 e. The number of aryl methyl sites for hydroxylation is 1. The number of H-pyrrole nitrogens is 1. The first kappa shape index (κ1) is 6.33. The Kier molecular flexibility index (Phi) is 1.31. The van der Waals surface area contributed by atoms with Gasteiger partial charge in [0.1, 0.15) is 0 Å². The molecule has 0 atom stereocenters. The predicted octanol–water partition coefficient (Wildman–Crippen LogP) is 2.46. The van der Waals surface area contributed by atoms with E-state index in [0.29, 0.717) is 13.1 Å². The molecule has 15 heavy (non-hydrogen) atoms. The van der Waals surface area contributed by atoms with Gasteiger partial charge >= 0.3 is 0 Å². The molecule has 0 bridgehead atoms. The van der Waals surface area contributed by atoms with Gasteiger partial charge in [-0.25, -0.2) is 0 Å². The fourth-order valence-electron chi connectivity index (χ4n) is 2.33. The Morgan fingerprint density at radius 2 is 2.40 bits per heavy atom. The zero-order chi connectivity index (χ0) is 12.9. The van der Waals surface area contributed by atoms with Crippen LogP contribution in [-0.4, -0.2) is 23.4 Å². The molecule has 0 radical (unpaired) electrons. The molecule has 0 amide bonds. The topological polar surface area (TPSA) is 19.0 Å². The summed E-state index contributed by atoms with van der Waals surface area (Å²) in [6, 6.07) is 6.28. The van der Waals surface area contributed by atoms with Crippen LogP contribution in [0.2, 0.25) is 0 Å². The molecule has 1 aromatic carbocycles. The van der Waals surface area contributed by atoms with E-state index in [1.807, 2.05) is 0 Å². The van der Waals surface area contributed by atoms with E-state index in [2.05, 4.69) is 30.1 Å². The van der Waals surface area contributed by atoms with Gasteiger partial charge in [-0.3, -0.25) is 0 Å². The number of nitrogens with one attached hydrogen (secondary N) is 1. The van der Waals surface area contributed by atoms with Crippen LogP contribution < -0.4 is 0 Å². The lowest BCUT2D eigenvalue weighted by molar-refractivity contribution is 0.313. The van der Waals surface area contributed by atoms with Crippen molar-refractivity contribution in [1.29, 1.82) is 0 Å². The number of likely N-dealkylation sites (N-methyl/N-ethyl adjacent to an activating group) is 1. The van der Waals surface area contributed by atoms with Gasteiger partial charge in [-0.15, -0.1) is 0 Å². The Bertz CT molecular complexity index is 598. The Labute approximate surface area is 94.1 Å². The molecular formula is C13H16N2. The molecule has 2 heteroatoms. The number of fused-ring (bicyclic) bond motifs is 3. The first-order valence-corrected chi connectivity index (χ1v) is 5.30. The summed E-state index contributed by atoms with van der Waals surface area (Å²) >= 11 is 0. The second-order valence-electron chi connectivity index (χ2n) is 4.30. The van der Waals surface area contributed by atoms with E-state index in [-0.39, 0.29) is 0 Å². The van der Waals surface area contributed by atoms with Crippen LogP contribution in [0.5, 0.6) is 0 Å². The quantitative estimate of drug-likeness (QED) is 0.697.